The molecule has 2 fully saturated rings. The van der Waals surface area contributed by atoms with Crippen LogP contribution in [0.3, 0.4) is 0 Å². The Labute approximate surface area is 161 Å². The Balaban J connectivity index is 1.63. The minimum Gasteiger partial charge on any atom is -0.323 e. The predicted molar refractivity (Wildman–Crippen MR) is 97.9 cm³/mol. The van der Waals surface area contributed by atoms with Crippen LogP contribution in [-0.2, 0) is 14.8 Å². The van der Waals surface area contributed by atoms with Gasteiger partial charge in [-0.1, -0.05) is 22.0 Å². The first-order chi connectivity index (χ1) is 12.1. The molecule has 8 nitrogen and oxygen atoms in total. The summed E-state index contributed by atoms with van der Waals surface area (Å²) in [6, 6.07) is 6.24. The van der Waals surface area contributed by atoms with E-state index in [1.807, 2.05) is 0 Å². The monoisotopic (exact) mass is 445 g/mol. The van der Waals surface area contributed by atoms with Gasteiger partial charge in [0.1, 0.15) is 5.54 Å². The first kappa shape index (κ1) is 19.3. The molecule has 0 atom stereocenters. The summed E-state index contributed by atoms with van der Waals surface area (Å²) in [6.45, 7) is 5.35. The average molecular weight is 446 g/mol. The van der Waals surface area contributed by atoms with Gasteiger partial charge in [-0.25, -0.2) is 18.1 Å². The van der Waals surface area contributed by atoms with E-state index in [0.717, 1.165) is 4.90 Å². The minimum absolute atomic E-state index is 0.249. The number of imide groups is 1. The summed E-state index contributed by atoms with van der Waals surface area (Å²) >= 11 is 3.30. The number of hydrogen-bond acceptors (Lipinski definition) is 4. The fourth-order valence-corrected chi connectivity index (χ4v) is 5.20. The highest BCUT2D eigenvalue weighted by Crippen LogP contribution is 2.20. The third kappa shape index (κ3) is 3.64. The van der Waals surface area contributed by atoms with E-state index < -0.39 is 21.6 Å². The molecule has 0 aliphatic carbocycles. The summed E-state index contributed by atoms with van der Waals surface area (Å²) in [5.41, 5.74) is -0.887. The maximum Gasteiger partial charge on any atom is 0.329 e. The lowest BCUT2D eigenvalue weighted by molar-refractivity contribution is -0.910. The van der Waals surface area contributed by atoms with Crippen LogP contribution in [0.1, 0.15) is 13.8 Å². The SMILES string of the molecule is CC1(C)NC(=O)N(C[NH+]2CCN(S(=O)(=O)c3cccc(Br)c3)CC2)C1=O. The Bertz CT molecular complexity index is 834. The summed E-state index contributed by atoms with van der Waals surface area (Å²) in [4.78, 5) is 26.7. The first-order valence-corrected chi connectivity index (χ1v) is 10.6. The lowest BCUT2D eigenvalue weighted by atomic mass is 10.1. The normalized spacial score (nSPS) is 21.9. The number of urea groups is 1. The van der Waals surface area contributed by atoms with Crippen molar-refractivity contribution in [1.29, 1.82) is 0 Å². The Kier molecular flexibility index (Phi) is 5.13. The van der Waals surface area contributed by atoms with Crippen molar-refractivity contribution in [2.45, 2.75) is 24.3 Å². The molecule has 0 radical (unpaired) electrons. The van der Waals surface area contributed by atoms with Crippen LogP contribution in [-0.4, -0.2) is 67.9 Å². The Morgan fingerprint density at radius 1 is 1.23 bits per heavy atom. The summed E-state index contributed by atoms with van der Waals surface area (Å²) < 4.78 is 27.7. The zero-order valence-electron chi connectivity index (χ0n) is 14.7. The molecule has 26 heavy (non-hydrogen) atoms. The van der Waals surface area contributed by atoms with Gasteiger partial charge in [0.15, 0.2) is 6.67 Å². The molecule has 0 spiro atoms. The van der Waals surface area contributed by atoms with Gasteiger partial charge >= 0.3 is 6.03 Å². The molecule has 2 aliphatic heterocycles. The van der Waals surface area contributed by atoms with Crippen LogP contribution in [0.5, 0.6) is 0 Å². The molecule has 1 aromatic rings. The van der Waals surface area contributed by atoms with Gasteiger partial charge in [-0.15, -0.1) is 0 Å². The van der Waals surface area contributed by atoms with E-state index in [0.29, 0.717) is 30.7 Å². The van der Waals surface area contributed by atoms with E-state index in [-0.39, 0.29) is 17.5 Å². The Hall–Kier alpha value is -1.49. The minimum atomic E-state index is -3.55. The number of hydrogen-bond donors (Lipinski definition) is 2. The second-order valence-electron chi connectivity index (χ2n) is 7.06. The van der Waals surface area contributed by atoms with Crippen molar-refractivity contribution in [2.24, 2.45) is 0 Å². The lowest BCUT2D eigenvalue weighted by Crippen LogP contribution is -3.16. The molecule has 2 saturated heterocycles. The highest BCUT2D eigenvalue weighted by Gasteiger charge is 2.46. The van der Waals surface area contributed by atoms with Gasteiger partial charge in [-0.05, 0) is 32.0 Å². The maximum atomic E-state index is 12.7. The topological polar surface area (TPSA) is 91.2 Å². The molecule has 2 aliphatic rings. The zero-order chi connectivity index (χ0) is 19.1. The van der Waals surface area contributed by atoms with Gasteiger partial charge in [0, 0.05) is 4.47 Å². The molecular formula is C16H22BrN4O4S+. The van der Waals surface area contributed by atoms with E-state index in [2.05, 4.69) is 21.2 Å². The van der Waals surface area contributed by atoms with Crippen LogP contribution in [0.2, 0.25) is 0 Å². The van der Waals surface area contributed by atoms with E-state index in [1.54, 1.807) is 38.1 Å². The second-order valence-corrected chi connectivity index (χ2v) is 9.91. The van der Waals surface area contributed by atoms with Gasteiger partial charge in [0.2, 0.25) is 10.0 Å². The number of amides is 3. The summed E-state index contributed by atoms with van der Waals surface area (Å²) in [7, 11) is -3.55. The van der Waals surface area contributed by atoms with Crippen LogP contribution in [0.25, 0.3) is 0 Å². The Morgan fingerprint density at radius 2 is 1.88 bits per heavy atom. The number of quaternary nitrogens is 1. The maximum absolute atomic E-state index is 12.7. The number of nitrogens with zero attached hydrogens (tertiary/aromatic N) is 2. The second kappa shape index (κ2) is 6.91. The number of piperazine rings is 1. The molecule has 2 heterocycles. The molecule has 0 unspecified atom stereocenters. The highest BCUT2D eigenvalue weighted by atomic mass is 79.9. The summed E-state index contributed by atoms with van der Waals surface area (Å²) in [5, 5.41) is 2.66. The number of sulfonamides is 1. The average Bonchev–Trinajstić information content (AvgIpc) is 2.77. The van der Waals surface area contributed by atoms with E-state index >= 15 is 0 Å². The quantitative estimate of drug-likeness (QED) is 0.618. The van der Waals surface area contributed by atoms with Crippen molar-refractivity contribution in [3.8, 4) is 0 Å². The number of halogens is 1. The zero-order valence-corrected chi connectivity index (χ0v) is 17.1. The molecule has 3 rings (SSSR count). The van der Waals surface area contributed by atoms with Gasteiger partial charge < -0.3 is 10.2 Å². The van der Waals surface area contributed by atoms with Crippen molar-refractivity contribution in [2.75, 3.05) is 32.8 Å². The molecule has 0 bridgehead atoms. The Morgan fingerprint density at radius 3 is 2.42 bits per heavy atom. The van der Waals surface area contributed by atoms with Crippen LogP contribution >= 0.6 is 15.9 Å². The molecule has 0 aromatic heterocycles. The van der Waals surface area contributed by atoms with Gasteiger partial charge in [-0.3, -0.25) is 4.79 Å². The van der Waals surface area contributed by atoms with Crippen LogP contribution in [0.4, 0.5) is 4.79 Å². The molecule has 1 aromatic carbocycles. The third-order valence-corrected chi connectivity index (χ3v) is 7.08. The van der Waals surface area contributed by atoms with Crippen LogP contribution < -0.4 is 10.2 Å². The summed E-state index contributed by atoms with van der Waals surface area (Å²) in [6.07, 6.45) is 0. The van der Waals surface area contributed by atoms with E-state index in [9.17, 15) is 18.0 Å². The first-order valence-electron chi connectivity index (χ1n) is 8.35. The number of nitrogens with one attached hydrogen (secondary N) is 2. The van der Waals surface area contributed by atoms with Gasteiger partial charge in [0.25, 0.3) is 5.91 Å². The molecule has 3 amide bonds. The number of carbonyl (C=O) groups is 2. The molecule has 10 heteroatoms. The fourth-order valence-electron chi connectivity index (χ4n) is 3.16. The number of rotatable bonds is 4. The highest BCUT2D eigenvalue weighted by molar-refractivity contribution is 9.10. The summed E-state index contributed by atoms with van der Waals surface area (Å²) in [5.74, 6) is -0.251. The van der Waals surface area contributed by atoms with E-state index in [1.165, 1.54) is 9.21 Å². The lowest BCUT2D eigenvalue weighted by Gasteiger charge is -2.32. The van der Waals surface area contributed by atoms with Crippen molar-refractivity contribution < 1.29 is 22.9 Å². The van der Waals surface area contributed by atoms with Crippen molar-refractivity contribution in [1.82, 2.24) is 14.5 Å². The number of benzene rings is 1. The van der Waals surface area contributed by atoms with Crippen molar-refractivity contribution in [3.63, 3.8) is 0 Å². The molecule has 142 valence electrons. The van der Waals surface area contributed by atoms with Gasteiger partial charge in [0.05, 0.1) is 31.1 Å². The van der Waals surface area contributed by atoms with Crippen molar-refractivity contribution in [3.05, 3.63) is 28.7 Å². The van der Waals surface area contributed by atoms with Crippen LogP contribution in [0.15, 0.2) is 33.6 Å². The third-order valence-electron chi connectivity index (χ3n) is 4.69. The standard InChI is InChI=1S/C16H21BrN4O4S/c1-16(2)14(22)21(15(23)18-16)11-19-6-8-20(9-7-19)26(24,25)13-5-3-4-12(17)10-13/h3-5,10H,6-9,11H2,1-2H3,(H,18,23)/p+1. The largest absolute Gasteiger partial charge is 0.329 e. The fraction of sp³-hybridized carbons (Fsp3) is 0.500. The van der Waals surface area contributed by atoms with E-state index in [4.69, 9.17) is 0 Å². The van der Waals surface area contributed by atoms with Gasteiger partial charge in [-0.2, -0.15) is 4.31 Å². The molecule has 0 saturated carbocycles. The molecule has 2 N–H and O–H groups in total. The molecular weight excluding hydrogens is 424 g/mol. The predicted octanol–water partition coefficient (Wildman–Crippen LogP) is -0.374. The van der Waals surface area contributed by atoms with Crippen LogP contribution in [0, 0.1) is 0 Å². The van der Waals surface area contributed by atoms with Crippen molar-refractivity contribution >= 4 is 37.9 Å². The smallest absolute Gasteiger partial charge is 0.323 e. The number of carbonyl (C=O) groups excluding carboxylic acids is 2.